The Morgan fingerprint density at radius 2 is 2.11 bits per heavy atom. The number of aromatic nitrogens is 1. The number of rotatable bonds is 6. The molecule has 2 rings (SSSR count). The summed E-state index contributed by atoms with van der Waals surface area (Å²) in [6.45, 7) is 3.85. The molecule has 0 aliphatic rings. The third-order valence-electron chi connectivity index (χ3n) is 3.54. The predicted octanol–water partition coefficient (Wildman–Crippen LogP) is 2.11. The van der Waals surface area contributed by atoms with Gasteiger partial charge in [-0.25, -0.2) is 0 Å². The summed E-state index contributed by atoms with van der Waals surface area (Å²) in [7, 11) is 2.95. The molecule has 0 spiro atoms. The number of fused-ring (bicyclic) bond motifs is 1. The van der Waals surface area contributed by atoms with E-state index in [4.69, 9.17) is 20.6 Å². The van der Waals surface area contributed by atoms with Crippen molar-refractivity contribution in [3.05, 3.63) is 36.0 Å². The quantitative estimate of drug-likeness (QED) is 0.626. The maximum Gasteiger partial charge on any atom is 0.290 e. The fourth-order valence-corrected chi connectivity index (χ4v) is 2.32. The second-order valence-electron chi connectivity index (χ2n) is 6.26. The molecule has 1 unspecified atom stereocenters. The summed E-state index contributed by atoms with van der Waals surface area (Å²) in [5, 5.41) is 3.59. The van der Waals surface area contributed by atoms with Crippen LogP contribution in [-0.2, 0) is 14.3 Å². The molecule has 0 saturated heterocycles. The minimum absolute atomic E-state index is 0.286. The standard InChI is InChI=1S/C21H22N2O4/c1-6-15-12-16-13-17(8-9-18(16)22-14-15)27-20(26-5)19(24)23-21(2,3)10-7-11-25-4/h1,8-9,12-14,20H,11H2,2-5H3,(H,23,24). The molecular weight excluding hydrogens is 344 g/mol. The first kappa shape index (κ1) is 20.3. The van der Waals surface area contributed by atoms with E-state index in [1.807, 2.05) is 6.07 Å². The van der Waals surface area contributed by atoms with Crippen LogP contribution < -0.4 is 10.1 Å². The molecule has 27 heavy (non-hydrogen) atoms. The van der Waals surface area contributed by atoms with Crippen LogP contribution in [0.4, 0.5) is 0 Å². The zero-order valence-electron chi connectivity index (χ0n) is 15.8. The lowest BCUT2D eigenvalue weighted by molar-refractivity contribution is -0.149. The van der Waals surface area contributed by atoms with Gasteiger partial charge in [0.2, 0.25) is 0 Å². The Morgan fingerprint density at radius 1 is 1.33 bits per heavy atom. The van der Waals surface area contributed by atoms with Crippen LogP contribution in [0.25, 0.3) is 10.9 Å². The molecular formula is C21H22N2O4. The summed E-state index contributed by atoms with van der Waals surface area (Å²) >= 11 is 0. The molecule has 0 saturated carbocycles. The molecule has 1 aromatic heterocycles. The molecule has 2 aromatic rings. The molecule has 0 radical (unpaired) electrons. The third-order valence-corrected chi connectivity index (χ3v) is 3.54. The smallest absolute Gasteiger partial charge is 0.290 e. The van der Waals surface area contributed by atoms with Gasteiger partial charge < -0.3 is 19.5 Å². The van der Waals surface area contributed by atoms with Gasteiger partial charge >= 0.3 is 0 Å². The topological polar surface area (TPSA) is 69.7 Å². The van der Waals surface area contributed by atoms with E-state index in [2.05, 4.69) is 28.1 Å². The van der Waals surface area contributed by atoms with Crippen molar-refractivity contribution in [3.63, 3.8) is 0 Å². The van der Waals surface area contributed by atoms with Crippen LogP contribution in [-0.4, -0.2) is 43.5 Å². The van der Waals surface area contributed by atoms with E-state index in [1.165, 1.54) is 7.11 Å². The van der Waals surface area contributed by atoms with Crippen LogP contribution in [0.15, 0.2) is 30.5 Å². The van der Waals surface area contributed by atoms with Crippen molar-refractivity contribution in [2.45, 2.75) is 25.7 Å². The molecule has 1 aromatic carbocycles. The van der Waals surface area contributed by atoms with Crippen molar-refractivity contribution >= 4 is 16.8 Å². The van der Waals surface area contributed by atoms with E-state index in [1.54, 1.807) is 45.4 Å². The minimum atomic E-state index is -1.13. The van der Waals surface area contributed by atoms with Gasteiger partial charge in [0.05, 0.1) is 11.1 Å². The second kappa shape index (κ2) is 9.05. The number of hydrogen-bond acceptors (Lipinski definition) is 5. The SMILES string of the molecule is C#Cc1cnc2ccc(OC(OC)C(=O)NC(C)(C)C#CCOC)cc2c1. The highest BCUT2D eigenvalue weighted by Gasteiger charge is 2.26. The van der Waals surface area contributed by atoms with Crippen molar-refractivity contribution in [1.82, 2.24) is 10.3 Å². The number of carbonyl (C=O) groups excluding carboxylic acids is 1. The average molecular weight is 366 g/mol. The van der Waals surface area contributed by atoms with E-state index in [0.29, 0.717) is 11.3 Å². The van der Waals surface area contributed by atoms with Crippen molar-refractivity contribution in [2.75, 3.05) is 20.8 Å². The van der Waals surface area contributed by atoms with Crippen LogP contribution >= 0.6 is 0 Å². The zero-order valence-corrected chi connectivity index (χ0v) is 15.8. The van der Waals surface area contributed by atoms with Gasteiger partial charge in [0.25, 0.3) is 12.2 Å². The van der Waals surface area contributed by atoms with E-state index in [0.717, 1.165) is 10.9 Å². The fourth-order valence-electron chi connectivity index (χ4n) is 2.32. The maximum absolute atomic E-state index is 12.5. The largest absolute Gasteiger partial charge is 0.455 e. The van der Waals surface area contributed by atoms with Crippen LogP contribution in [0.1, 0.15) is 19.4 Å². The van der Waals surface area contributed by atoms with Crippen LogP contribution in [0.3, 0.4) is 0 Å². The van der Waals surface area contributed by atoms with Gasteiger partial charge in [-0.05, 0) is 38.1 Å². The lowest BCUT2D eigenvalue weighted by Crippen LogP contribution is -2.49. The van der Waals surface area contributed by atoms with Gasteiger partial charge in [0.15, 0.2) is 0 Å². The van der Waals surface area contributed by atoms with Crippen molar-refractivity contribution in [2.24, 2.45) is 0 Å². The Labute approximate surface area is 159 Å². The molecule has 1 heterocycles. The first-order chi connectivity index (χ1) is 12.9. The number of pyridine rings is 1. The molecule has 0 fully saturated rings. The normalized spacial score (nSPS) is 11.8. The summed E-state index contributed by atoms with van der Waals surface area (Å²) in [6.07, 6.45) is 5.91. The van der Waals surface area contributed by atoms with Gasteiger partial charge in [-0.1, -0.05) is 17.8 Å². The van der Waals surface area contributed by atoms with Gasteiger partial charge in [-0.2, -0.15) is 0 Å². The average Bonchev–Trinajstić information content (AvgIpc) is 2.65. The summed E-state index contributed by atoms with van der Waals surface area (Å²) in [5.74, 6) is 8.32. The van der Waals surface area contributed by atoms with E-state index < -0.39 is 17.7 Å². The molecule has 0 aliphatic carbocycles. The summed E-state index contributed by atoms with van der Waals surface area (Å²) < 4.78 is 15.8. The van der Waals surface area contributed by atoms with Crippen molar-refractivity contribution in [1.29, 1.82) is 0 Å². The number of benzene rings is 1. The van der Waals surface area contributed by atoms with Crippen molar-refractivity contribution in [3.8, 4) is 29.9 Å². The van der Waals surface area contributed by atoms with Gasteiger partial charge in [-0.15, -0.1) is 6.42 Å². The lowest BCUT2D eigenvalue weighted by atomic mass is 10.1. The summed E-state index contributed by atoms with van der Waals surface area (Å²) in [5.41, 5.74) is 0.677. The number of amides is 1. The number of hydrogen-bond donors (Lipinski definition) is 1. The Kier molecular flexibility index (Phi) is 6.79. The molecule has 0 bridgehead atoms. The molecule has 1 amide bonds. The Bertz CT molecular complexity index is 919. The van der Waals surface area contributed by atoms with E-state index in [9.17, 15) is 4.79 Å². The monoisotopic (exact) mass is 366 g/mol. The minimum Gasteiger partial charge on any atom is -0.455 e. The number of carbonyl (C=O) groups is 1. The fraction of sp³-hybridized carbons (Fsp3) is 0.333. The Morgan fingerprint density at radius 3 is 2.78 bits per heavy atom. The number of methoxy groups -OCH3 is 2. The van der Waals surface area contributed by atoms with E-state index in [-0.39, 0.29) is 6.61 Å². The molecule has 6 heteroatoms. The Hall–Kier alpha value is -3.06. The number of terminal acetylenes is 1. The first-order valence-corrected chi connectivity index (χ1v) is 8.25. The number of nitrogens with zero attached hydrogens (tertiary/aromatic N) is 1. The molecule has 1 N–H and O–H groups in total. The molecule has 1 atom stereocenters. The van der Waals surface area contributed by atoms with Gasteiger partial charge in [-0.3, -0.25) is 9.78 Å². The van der Waals surface area contributed by atoms with Gasteiger partial charge in [0.1, 0.15) is 12.4 Å². The highest BCUT2D eigenvalue weighted by molar-refractivity contribution is 5.83. The lowest BCUT2D eigenvalue weighted by Gasteiger charge is -2.24. The Balaban J connectivity index is 2.14. The van der Waals surface area contributed by atoms with Gasteiger partial charge in [0, 0.05) is 31.4 Å². The van der Waals surface area contributed by atoms with Crippen LogP contribution in [0, 0.1) is 24.2 Å². The highest BCUT2D eigenvalue weighted by Crippen LogP contribution is 2.21. The summed E-state index contributed by atoms with van der Waals surface area (Å²) in [4.78, 5) is 16.8. The zero-order chi connectivity index (χ0) is 19.9. The van der Waals surface area contributed by atoms with Crippen molar-refractivity contribution < 1.29 is 19.0 Å². The third kappa shape index (κ3) is 5.72. The number of nitrogens with one attached hydrogen (secondary N) is 1. The van der Waals surface area contributed by atoms with Crippen LogP contribution in [0.5, 0.6) is 5.75 Å². The van der Waals surface area contributed by atoms with E-state index >= 15 is 0 Å². The first-order valence-electron chi connectivity index (χ1n) is 8.25. The molecule has 6 nitrogen and oxygen atoms in total. The maximum atomic E-state index is 12.5. The highest BCUT2D eigenvalue weighted by atomic mass is 16.7. The molecule has 140 valence electrons. The number of ether oxygens (including phenoxy) is 3. The summed E-state index contributed by atoms with van der Waals surface area (Å²) in [6, 6.07) is 7.08. The molecule has 0 aliphatic heterocycles. The predicted molar refractivity (Wildman–Crippen MR) is 103 cm³/mol. The second-order valence-corrected chi connectivity index (χ2v) is 6.26. The van der Waals surface area contributed by atoms with Crippen LogP contribution in [0.2, 0.25) is 0 Å².